The predicted molar refractivity (Wildman–Crippen MR) is 194 cm³/mol. The van der Waals surface area contributed by atoms with Crippen LogP contribution in [0.3, 0.4) is 0 Å². The zero-order valence-electron chi connectivity index (χ0n) is 25.1. The molecule has 0 saturated heterocycles. The van der Waals surface area contributed by atoms with Crippen LogP contribution in [0.1, 0.15) is 22.3 Å². The van der Waals surface area contributed by atoms with Crippen LogP contribution in [0, 0.1) is 0 Å². The topological polar surface area (TPSA) is 0 Å². The molecule has 8 aromatic rings. The molecule has 0 N–H and O–H groups in total. The third kappa shape index (κ3) is 3.41. The van der Waals surface area contributed by atoms with E-state index in [-0.39, 0.29) is 0 Å². The molecule has 1 atom stereocenters. The molecule has 1 heteroatoms. The van der Waals surface area contributed by atoms with E-state index < -0.39 is 5.41 Å². The molecule has 1 aliphatic heterocycles. The maximum Gasteiger partial charge on any atom is 0.0725 e. The summed E-state index contributed by atoms with van der Waals surface area (Å²) in [6, 6.07) is 63.4. The van der Waals surface area contributed by atoms with Crippen molar-refractivity contribution in [3.63, 3.8) is 0 Å². The molecule has 0 spiro atoms. The minimum absolute atomic E-state index is 0.515. The first-order valence-corrected chi connectivity index (χ1v) is 16.8. The highest BCUT2D eigenvalue weighted by Gasteiger charge is 2.48. The fourth-order valence-corrected chi connectivity index (χ4v) is 9.57. The summed E-state index contributed by atoms with van der Waals surface area (Å²) < 4.78 is 0. The lowest BCUT2D eigenvalue weighted by molar-refractivity contribution is 0.777. The van der Waals surface area contributed by atoms with E-state index in [1.54, 1.807) is 0 Å². The third-order valence-electron chi connectivity index (χ3n) is 10.1. The summed E-state index contributed by atoms with van der Waals surface area (Å²) in [5, 5.41) is 5.22. The van der Waals surface area contributed by atoms with Gasteiger partial charge in [0.05, 0.1) is 5.41 Å². The smallest absolute Gasteiger partial charge is 0.0725 e. The first kappa shape index (κ1) is 25.9. The number of benzene rings is 8. The molecule has 214 valence electrons. The van der Waals surface area contributed by atoms with Crippen molar-refractivity contribution in [3.8, 4) is 33.4 Å². The van der Waals surface area contributed by atoms with E-state index in [1.165, 1.54) is 87.0 Å². The normalized spacial score (nSPS) is 15.8. The molecule has 1 aliphatic carbocycles. The first-order chi connectivity index (χ1) is 22.8. The number of hydrogen-bond donors (Lipinski definition) is 0. The second kappa shape index (κ2) is 9.81. The van der Waals surface area contributed by atoms with Crippen molar-refractivity contribution in [1.29, 1.82) is 0 Å². The molecule has 1 heterocycles. The average Bonchev–Trinajstić information content (AvgIpc) is 3.43. The molecule has 2 aliphatic rings. The van der Waals surface area contributed by atoms with E-state index in [0.29, 0.717) is 0 Å². The molecule has 0 saturated carbocycles. The predicted octanol–water partition coefficient (Wildman–Crippen LogP) is 12.2. The van der Waals surface area contributed by atoms with Crippen molar-refractivity contribution in [2.24, 2.45) is 0 Å². The standard InChI is InChI=1S/C45H28S/c1-2-16-31(17-3-1)45(39-24-9-7-20-34(39)36-28-27-29-13-4-5-18-32(29)44(36)45)38-23-8-6-19-33(38)35-21-12-26-41-43(35)37-22-10-14-30-15-11-25-40(46-41)42(30)37/h1-28H. The van der Waals surface area contributed by atoms with Crippen molar-refractivity contribution in [2.45, 2.75) is 15.2 Å². The zero-order valence-corrected chi connectivity index (χ0v) is 25.9. The molecule has 10 rings (SSSR count). The minimum atomic E-state index is -0.515. The molecular weight excluding hydrogens is 573 g/mol. The van der Waals surface area contributed by atoms with E-state index in [1.807, 2.05) is 11.8 Å². The SMILES string of the molecule is c1ccc(C2(c3ccccc3-c3cccc4c3-c3cccc5cccc(c35)S4)c3ccccc3-c3ccc4ccccc4c32)cc1. The van der Waals surface area contributed by atoms with Gasteiger partial charge in [-0.2, -0.15) is 0 Å². The van der Waals surface area contributed by atoms with Crippen molar-refractivity contribution >= 4 is 33.3 Å². The lowest BCUT2D eigenvalue weighted by Crippen LogP contribution is -2.29. The maximum atomic E-state index is 2.39. The Labute approximate surface area is 273 Å². The first-order valence-electron chi connectivity index (χ1n) is 15.9. The van der Waals surface area contributed by atoms with Crippen molar-refractivity contribution in [3.05, 3.63) is 192 Å². The monoisotopic (exact) mass is 600 g/mol. The molecule has 0 bridgehead atoms. The van der Waals surface area contributed by atoms with E-state index >= 15 is 0 Å². The fourth-order valence-electron chi connectivity index (χ4n) is 8.38. The van der Waals surface area contributed by atoms with E-state index in [0.717, 1.165) is 0 Å². The lowest BCUT2D eigenvalue weighted by Gasteiger charge is -2.36. The van der Waals surface area contributed by atoms with Gasteiger partial charge in [-0.25, -0.2) is 0 Å². The molecule has 0 radical (unpaired) electrons. The summed E-state index contributed by atoms with van der Waals surface area (Å²) in [6.45, 7) is 0. The number of rotatable bonds is 3. The van der Waals surface area contributed by atoms with Crippen LogP contribution in [0.5, 0.6) is 0 Å². The molecular formula is C45H28S. The quantitative estimate of drug-likeness (QED) is 0.194. The summed E-state index contributed by atoms with van der Waals surface area (Å²) in [5.74, 6) is 0. The molecule has 46 heavy (non-hydrogen) atoms. The summed E-state index contributed by atoms with van der Waals surface area (Å²) in [7, 11) is 0. The van der Waals surface area contributed by atoms with Crippen LogP contribution in [0.2, 0.25) is 0 Å². The van der Waals surface area contributed by atoms with Gasteiger partial charge < -0.3 is 0 Å². The van der Waals surface area contributed by atoms with Gasteiger partial charge in [-0.15, -0.1) is 0 Å². The molecule has 0 aromatic heterocycles. The van der Waals surface area contributed by atoms with Gasteiger partial charge in [-0.1, -0.05) is 169 Å². The second-order valence-corrected chi connectivity index (χ2v) is 13.4. The van der Waals surface area contributed by atoms with Gasteiger partial charge in [0, 0.05) is 20.7 Å². The van der Waals surface area contributed by atoms with Crippen molar-refractivity contribution < 1.29 is 0 Å². The molecule has 0 fully saturated rings. The van der Waals surface area contributed by atoms with Crippen LogP contribution < -0.4 is 0 Å². The van der Waals surface area contributed by atoms with Gasteiger partial charge in [0.15, 0.2) is 0 Å². The van der Waals surface area contributed by atoms with Crippen LogP contribution in [-0.4, -0.2) is 0 Å². The Morgan fingerprint density at radius 3 is 1.78 bits per heavy atom. The van der Waals surface area contributed by atoms with E-state index in [4.69, 9.17) is 0 Å². The highest BCUT2D eigenvalue weighted by Crippen LogP contribution is 2.60. The van der Waals surface area contributed by atoms with Crippen molar-refractivity contribution in [1.82, 2.24) is 0 Å². The van der Waals surface area contributed by atoms with Gasteiger partial charge in [0.2, 0.25) is 0 Å². The van der Waals surface area contributed by atoms with Gasteiger partial charge in [-0.3, -0.25) is 0 Å². The Balaban J connectivity index is 1.37. The lowest BCUT2D eigenvalue weighted by atomic mass is 9.64. The van der Waals surface area contributed by atoms with E-state index in [2.05, 4.69) is 170 Å². The average molecular weight is 601 g/mol. The summed E-state index contributed by atoms with van der Waals surface area (Å²) in [6.07, 6.45) is 0. The largest absolute Gasteiger partial charge is 0.0888 e. The van der Waals surface area contributed by atoms with Gasteiger partial charge in [0.1, 0.15) is 0 Å². The van der Waals surface area contributed by atoms with Crippen LogP contribution >= 0.6 is 11.8 Å². The van der Waals surface area contributed by atoms with Crippen LogP contribution in [0.25, 0.3) is 54.9 Å². The summed E-state index contributed by atoms with van der Waals surface area (Å²) in [4.78, 5) is 2.64. The third-order valence-corrected chi connectivity index (χ3v) is 11.3. The maximum absolute atomic E-state index is 2.39. The number of fused-ring (bicyclic) bond motifs is 7. The summed E-state index contributed by atoms with van der Waals surface area (Å²) in [5.41, 5.74) is 12.6. The Hall–Kier alpha value is -5.37. The van der Waals surface area contributed by atoms with Crippen molar-refractivity contribution in [2.75, 3.05) is 0 Å². The van der Waals surface area contributed by atoms with Gasteiger partial charge in [-0.05, 0) is 78.4 Å². The summed E-state index contributed by atoms with van der Waals surface area (Å²) >= 11 is 1.90. The highest BCUT2D eigenvalue weighted by molar-refractivity contribution is 7.99. The Morgan fingerprint density at radius 2 is 0.957 bits per heavy atom. The Morgan fingerprint density at radius 1 is 0.370 bits per heavy atom. The second-order valence-electron chi connectivity index (χ2n) is 12.4. The molecule has 1 unspecified atom stereocenters. The highest BCUT2D eigenvalue weighted by atomic mass is 32.2. The molecule has 0 nitrogen and oxygen atoms in total. The zero-order chi connectivity index (χ0) is 30.2. The molecule has 8 aromatic carbocycles. The fraction of sp³-hybridized carbons (Fsp3) is 0.0222. The number of hydrogen-bond acceptors (Lipinski definition) is 1. The van der Waals surface area contributed by atoms with Gasteiger partial charge in [0.25, 0.3) is 0 Å². The van der Waals surface area contributed by atoms with Gasteiger partial charge >= 0.3 is 0 Å². The van der Waals surface area contributed by atoms with E-state index in [9.17, 15) is 0 Å². The molecule has 0 amide bonds. The Bertz CT molecular complexity index is 2500. The van der Waals surface area contributed by atoms with Crippen LogP contribution in [0.4, 0.5) is 0 Å². The Kier molecular flexibility index (Phi) is 5.53. The minimum Gasteiger partial charge on any atom is -0.0888 e. The van der Waals surface area contributed by atoms with Crippen LogP contribution in [-0.2, 0) is 5.41 Å². The van der Waals surface area contributed by atoms with Crippen LogP contribution in [0.15, 0.2) is 180 Å².